The Hall–Kier alpha value is -1.19. The maximum Gasteiger partial charge on any atom is 0.321 e. The molecule has 1 unspecified atom stereocenters. The van der Waals surface area contributed by atoms with Gasteiger partial charge in [0.1, 0.15) is 6.04 Å². The maximum absolute atomic E-state index is 11.3. The predicted molar refractivity (Wildman–Crippen MR) is 58.4 cm³/mol. The lowest BCUT2D eigenvalue weighted by molar-refractivity contribution is -0.142. The van der Waals surface area contributed by atoms with Gasteiger partial charge in [-0.1, -0.05) is 6.92 Å². The summed E-state index contributed by atoms with van der Waals surface area (Å²) in [5.74, 6) is -1.95. The first-order chi connectivity index (χ1) is 7.82. The molecule has 0 saturated heterocycles. The van der Waals surface area contributed by atoms with Crippen molar-refractivity contribution in [2.45, 2.75) is 25.8 Å². The van der Waals surface area contributed by atoms with Gasteiger partial charge < -0.3 is 9.84 Å². The van der Waals surface area contributed by atoms with Crippen molar-refractivity contribution in [3.05, 3.63) is 0 Å². The second-order valence-corrected chi connectivity index (χ2v) is 4.66. The Labute approximate surface area is 99.5 Å². The van der Waals surface area contributed by atoms with E-state index in [2.05, 4.69) is 9.46 Å². The number of carboxylic acids is 1. The summed E-state index contributed by atoms with van der Waals surface area (Å²) in [5, 5.41) is 8.78. The molecule has 0 amide bonds. The predicted octanol–water partition coefficient (Wildman–Crippen LogP) is -1.16. The number of esters is 1. The molecule has 0 aromatic carbocycles. The number of hydrogen-bond acceptors (Lipinski definition) is 5. The molecule has 0 heterocycles. The van der Waals surface area contributed by atoms with E-state index in [4.69, 9.17) is 5.11 Å². The van der Waals surface area contributed by atoms with Crippen molar-refractivity contribution in [2.75, 3.05) is 13.7 Å². The Morgan fingerprint density at radius 2 is 2.00 bits per heavy atom. The molecule has 0 spiro atoms. The van der Waals surface area contributed by atoms with Gasteiger partial charge in [-0.2, -0.15) is 13.1 Å². The van der Waals surface area contributed by atoms with Crippen LogP contribution in [0.4, 0.5) is 0 Å². The molecule has 8 nitrogen and oxygen atoms in total. The monoisotopic (exact) mass is 268 g/mol. The fourth-order valence-corrected chi connectivity index (χ4v) is 2.07. The van der Waals surface area contributed by atoms with Gasteiger partial charge >= 0.3 is 11.9 Å². The van der Waals surface area contributed by atoms with Crippen LogP contribution in [0.5, 0.6) is 0 Å². The van der Waals surface area contributed by atoms with Gasteiger partial charge in [0, 0.05) is 13.0 Å². The molecule has 100 valence electrons. The first-order valence-corrected chi connectivity index (χ1v) is 6.37. The first kappa shape index (κ1) is 15.8. The average Bonchev–Trinajstić information content (AvgIpc) is 2.23. The maximum atomic E-state index is 11.3. The van der Waals surface area contributed by atoms with Gasteiger partial charge in [-0.15, -0.1) is 0 Å². The average molecular weight is 268 g/mol. The Balaban J connectivity index is 4.45. The summed E-state index contributed by atoms with van der Waals surface area (Å²) in [6.07, 6.45) is -0.352. The van der Waals surface area contributed by atoms with Gasteiger partial charge in [0.15, 0.2) is 0 Å². The number of carbonyl (C=O) groups excluding carboxylic acids is 1. The van der Waals surface area contributed by atoms with E-state index in [0.717, 1.165) is 0 Å². The molecule has 0 aromatic heterocycles. The summed E-state index contributed by atoms with van der Waals surface area (Å²) in [6.45, 7) is 1.70. The van der Waals surface area contributed by atoms with Crippen molar-refractivity contribution in [2.24, 2.45) is 0 Å². The number of carboxylic acid groups (broad SMARTS) is 1. The van der Waals surface area contributed by atoms with Crippen molar-refractivity contribution in [1.29, 1.82) is 0 Å². The third-order valence-electron chi connectivity index (χ3n) is 1.79. The number of aliphatic carboxylic acids is 1. The van der Waals surface area contributed by atoms with Gasteiger partial charge in [0.05, 0.1) is 7.11 Å². The third-order valence-corrected chi connectivity index (χ3v) is 3.06. The van der Waals surface area contributed by atoms with E-state index in [1.807, 2.05) is 4.72 Å². The molecular formula is C8H16N2O6S. The molecule has 0 fully saturated rings. The molecule has 9 heteroatoms. The lowest BCUT2D eigenvalue weighted by atomic mass is 10.2. The van der Waals surface area contributed by atoms with Crippen LogP contribution in [0.15, 0.2) is 0 Å². The first-order valence-electron chi connectivity index (χ1n) is 4.89. The number of ether oxygens (including phenoxy) is 1. The van der Waals surface area contributed by atoms with Crippen molar-refractivity contribution in [1.82, 2.24) is 9.44 Å². The van der Waals surface area contributed by atoms with Crippen LogP contribution in [-0.4, -0.2) is 45.2 Å². The molecule has 1 atom stereocenters. The Bertz CT molecular complexity index is 366. The zero-order valence-electron chi connectivity index (χ0n) is 9.60. The summed E-state index contributed by atoms with van der Waals surface area (Å²) >= 11 is 0. The molecule has 0 aliphatic rings. The van der Waals surface area contributed by atoms with E-state index in [-0.39, 0.29) is 19.4 Å². The molecule has 0 bridgehead atoms. The van der Waals surface area contributed by atoms with Crippen LogP contribution in [0, 0.1) is 0 Å². The molecule has 0 aliphatic carbocycles. The number of nitrogens with one attached hydrogen (secondary N) is 2. The molecule has 0 rings (SSSR count). The minimum Gasteiger partial charge on any atom is -0.480 e. The fourth-order valence-electron chi connectivity index (χ4n) is 1.02. The SMILES string of the molecule is CCNS(=O)(=O)NC(CCC(=O)OC)C(=O)O. The molecule has 0 saturated carbocycles. The van der Waals surface area contributed by atoms with E-state index in [1.54, 1.807) is 6.92 Å². The van der Waals surface area contributed by atoms with E-state index in [0.29, 0.717) is 0 Å². The number of hydrogen-bond donors (Lipinski definition) is 3. The van der Waals surface area contributed by atoms with Crippen LogP contribution in [0.2, 0.25) is 0 Å². The smallest absolute Gasteiger partial charge is 0.321 e. The second-order valence-electron chi connectivity index (χ2n) is 3.12. The molecular weight excluding hydrogens is 252 g/mol. The van der Waals surface area contributed by atoms with Gasteiger partial charge in [-0.3, -0.25) is 9.59 Å². The zero-order valence-corrected chi connectivity index (χ0v) is 10.4. The second kappa shape index (κ2) is 7.20. The van der Waals surface area contributed by atoms with E-state index in [9.17, 15) is 18.0 Å². The van der Waals surface area contributed by atoms with Crippen molar-refractivity contribution >= 4 is 22.1 Å². The normalized spacial score (nSPS) is 13.1. The standard InChI is InChI=1S/C8H16N2O6S/c1-3-9-17(14,15)10-6(8(12)13)4-5-7(11)16-2/h6,9-10H,3-5H2,1-2H3,(H,12,13). The summed E-state index contributed by atoms with van der Waals surface area (Å²) in [4.78, 5) is 21.6. The topological polar surface area (TPSA) is 122 Å². The molecule has 0 aromatic rings. The lowest BCUT2D eigenvalue weighted by Crippen LogP contribution is -2.46. The number of methoxy groups -OCH3 is 1. The van der Waals surface area contributed by atoms with Gasteiger partial charge in [0.25, 0.3) is 10.2 Å². The highest BCUT2D eigenvalue weighted by Crippen LogP contribution is 2.00. The minimum absolute atomic E-state index is 0.138. The van der Waals surface area contributed by atoms with Crippen molar-refractivity contribution in [3.63, 3.8) is 0 Å². The summed E-state index contributed by atoms with van der Waals surface area (Å²) < 4.78 is 30.9. The van der Waals surface area contributed by atoms with Crippen LogP contribution in [0.1, 0.15) is 19.8 Å². The van der Waals surface area contributed by atoms with Crippen molar-refractivity contribution < 1.29 is 27.9 Å². The van der Waals surface area contributed by atoms with Crippen molar-refractivity contribution in [3.8, 4) is 0 Å². The van der Waals surface area contributed by atoms with E-state index in [1.165, 1.54) is 7.11 Å². The molecule has 3 N–H and O–H groups in total. The van der Waals surface area contributed by atoms with Crippen LogP contribution in [0.25, 0.3) is 0 Å². The highest BCUT2D eigenvalue weighted by Gasteiger charge is 2.24. The minimum atomic E-state index is -3.86. The van der Waals surface area contributed by atoms with E-state index >= 15 is 0 Å². The van der Waals surface area contributed by atoms with Crippen LogP contribution < -0.4 is 9.44 Å². The Morgan fingerprint density at radius 3 is 2.41 bits per heavy atom. The lowest BCUT2D eigenvalue weighted by Gasteiger charge is -2.14. The number of carbonyl (C=O) groups is 2. The quantitative estimate of drug-likeness (QED) is 0.477. The largest absolute Gasteiger partial charge is 0.480 e. The third kappa shape index (κ3) is 6.87. The highest BCUT2D eigenvalue weighted by molar-refractivity contribution is 7.87. The molecule has 17 heavy (non-hydrogen) atoms. The highest BCUT2D eigenvalue weighted by atomic mass is 32.2. The van der Waals surface area contributed by atoms with E-state index < -0.39 is 28.2 Å². The summed E-state index contributed by atoms with van der Waals surface area (Å²) in [7, 11) is -2.70. The van der Waals surface area contributed by atoms with Crippen LogP contribution in [-0.2, 0) is 24.5 Å². The molecule has 0 radical (unpaired) electrons. The van der Waals surface area contributed by atoms with Gasteiger partial charge in [0.2, 0.25) is 0 Å². The molecule has 0 aliphatic heterocycles. The van der Waals surface area contributed by atoms with Gasteiger partial charge in [-0.05, 0) is 6.42 Å². The zero-order chi connectivity index (χ0) is 13.5. The Morgan fingerprint density at radius 1 is 1.41 bits per heavy atom. The summed E-state index contributed by atoms with van der Waals surface area (Å²) in [6, 6.07) is -1.36. The fraction of sp³-hybridized carbons (Fsp3) is 0.750. The van der Waals surface area contributed by atoms with Crippen LogP contribution in [0.3, 0.4) is 0 Å². The van der Waals surface area contributed by atoms with Crippen LogP contribution >= 0.6 is 0 Å². The van der Waals surface area contributed by atoms with Gasteiger partial charge in [-0.25, -0.2) is 4.72 Å². The summed E-state index contributed by atoms with van der Waals surface area (Å²) in [5.41, 5.74) is 0. The number of rotatable bonds is 8. The Kier molecular flexibility index (Phi) is 6.69.